The van der Waals surface area contributed by atoms with Crippen molar-refractivity contribution in [2.75, 3.05) is 38.5 Å². The molecule has 2 heterocycles. The Morgan fingerprint density at radius 2 is 2.07 bits per heavy atom. The number of nitrogens with two attached hydrogens (primary N) is 1. The highest BCUT2D eigenvalue weighted by molar-refractivity contribution is 5.34. The van der Waals surface area contributed by atoms with Gasteiger partial charge in [0, 0.05) is 31.4 Å². The van der Waals surface area contributed by atoms with E-state index >= 15 is 0 Å². The van der Waals surface area contributed by atoms with Gasteiger partial charge in [-0.1, -0.05) is 12.1 Å². The highest BCUT2D eigenvalue weighted by atomic mass is 19.1. The average molecular weight is 372 g/mol. The van der Waals surface area contributed by atoms with E-state index in [0.717, 1.165) is 62.4 Å². The third-order valence-electron chi connectivity index (χ3n) is 5.04. The summed E-state index contributed by atoms with van der Waals surface area (Å²) in [6, 6.07) is 11.3. The molecule has 1 fully saturated rings. The molecule has 146 valence electrons. The van der Waals surface area contributed by atoms with Crippen molar-refractivity contribution in [3.8, 4) is 0 Å². The van der Waals surface area contributed by atoms with Crippen molar-refractivity contribution in [2.24, 2.45) is 5.92 Å². The van der Waals surface area contributed by atoms with Crippen LogP contribution in [0.3, 0.4) is 0 Å². The topological polar surface area (TPSA) is 75.0 Å². The first-order chi connectivity index (χ1) is 13.1. The summed E-state index contributed by atoms with van der Waals surface area (Å²) in [7, 11) is 0. The molecule has 2 atom stereocenters. The van der Waals surface area contributed by atoms with Crippen LogP contribution in [-0.2, 0) is 12.8 Å². The second-order valence-corrected chi connectivity index (χ2v) is 7.37. The first-order valence-corrected chi connectivity index (χ1v) is 9.72. The second kappa shape index (κ2) is 9.78. The molecule has 0 bridgehead atoms. The molecule has 0 spiro atoms. The third-order valence-corrected chi connectivity index (χ3v) is 5.04. The van der Waals surface area contributed by atoms with E-state index in [1.54, 1.807) is 12.1 Å². The van der Waals surface area contributed by atoms with E-state index in [2.05, 4.69) is 33.9 Å². The van der Waals surface area contributed by atoms with Crippen molar-refractivity contribution in [1.82, 2.24) is 20.9 Å². The molecule has 0 radical (unpaired) electrons. The Balaban J connectivity index is 1.36. The van der Waals surface area contributed by atoms with Crippen molar-refractivity contribution < 1.29 is 4.39 Å². The Morgan fingerprint density at radius 1 is 1.19 bits per heavy atom. The highest BCUT2D eigenvalue weighted by Crippen LogP contribution is 2.17. The number of benzene rings is 1. The summed E-state index contributed by atoms with van der Waals surface area (Å²) in [5.74, 6) is 0.952. The molecular formula is C21H30FN5. The fourth-order valence-electron chi connectivity index (χ4n) is 3.72. The zero-order chi connectivity index (χ0) is 19.1. The Morgan fingerprint density at radius 3 is 2.89 bits per heavy atom. The van der Waals surface area contributed by atoms with Gasteiger partial charge in [0.25, 0.3) is 0 Å². The molecule has 27 heavy (non-hydrogen) atoms. The number of aromatic nitrogens is 1. The van der Waals surface area contributed by atoms with Gasteiger partial charge in [-0.15, -0.1) is 0 Å². The number of pyridine rings is 1. The standard InChI is InChI=1S/C21H30FN5/c1-15-9-19(27-21(23)10-15)12-17-13-25-14-20(17)26-8-7-24-6-5-16-3-2-4-18(22)11-16/h2-4,9-11,17,20,24-26H,5-8,12-14H2,1H3,(H2,23,27)/t17-,20-/m1/s1. The molecule has 0 unspecified atom stereocenters. The molecular weight excluding hydrogens is 341 g/mol. The van der Waals surface area contributed by atoms with Crippen molar-refractivity contribution >= 4 is 5.82 Å². The summed E-state index contributed by atoms with van der Waals surface area (Å²) in [5, 5.41) is 10.5. The predicted molar refractivity (Wildman–Crippen MR) is 108 cm³/mol. The van der Waals surface area contributed by atoms with E-state index in [9.17, 15) is 4.39 Å². The normalized spacial score (nSPS) is 19.5. The molecule has 0 saturated carbocycles. The summed E-state index contributed by atoms with van der Waals surface area (Å²) in [4.78, 5) is 4.47. The molecule has 6 heteroatoms. The minimum atomic E-state index is -0.168. The van der Waals surface area contributed by atoms with Gasteiger partial charge < -0.3 is 21.7 Å². The average Bonchev–Trinajstić information content (AvgIpc) is 3.04. The van der Waals surface area contributed by atoms with Gasteiger partial charge in [-0.2, -0.15) is 0 Å². The summed E-state index contributed by atoms with van der Waals surface area (Å²) >= 11 is 0. The van der Waals surface area contributed by atoms with Crippen LogP contribution in [0.1, 0.15) is 16.8 Å². The van der Waals surface area contributed by atoms with Crippen molar-refractivity contribution in [1.29, 1.82) is 0 Å². The number of aryl methyl sites for hydroxylation is 1. The minimum Gasteiger partial charge on any atom is -0.384 e. The number of rotatable bonds is 9. The van der Waals surface area contributed by atoms with Crippen LogP contribution >= 0.6 is 0 Å². The van der Waals surface area contributed by atoms with Gasteiger partial charge in [0.1, 0.15) is 11.6 Å². The highest BCUT2D eigenvalue weighted by Gasteiger charge is 2.26. The van der Waals surface area contributed by atoms with Crippen LogP contribution in [0.2, 0.25) is 0 Å². The fraction of sp³-hybridized carbons (Fsp3) is 0.476. The molecule has 1 aliphatic heterocycles. The maximum absolute atomic E-state index is 13.2. The molecule has 1 saturated heterocycles. The van der Waals surface area contributed by atoms with Crippen molar-refractivity contribution in [3.63, 3.8) is 0 Å². The maximum atomic E-state index is 13.2. The molecule has 5 nitrogen and oxygen atoms in total. The fourth-order valence-corrected chi connectivity index (χ4v) is 3.72. The Labute approximate surface area is 161 Å². The summed E-state index contributed by atoms with van der Waals surface area (Å²) in [6.45, 7) is 6.70. The summed E-state index contributed by atoms with van der Waals surface area (Å²) in [5.41, 5.74) is 9.14. The first kappa shape index (κ1) is 19.7. The van der Waals surface area contributed by atoms with Gasteiger partial charge in [0.05, 0.1) is 0 Å². The lowest BCUT2D eigenvalue weighted by Crippen LogP contribution is -2.40. The lowest BCUT2D eigenvalue weighted by molar-refractivity contribution is 0.419. The van der Waals surface area contributed by atoms with Crippen LogP contribution in [0.25, 0.3) is 0 Å². The monoisotopic (exact) mass is 371 g/mol. The largest absolute Gasteiger partial charge is 0.384 e. The lowest BCUT2D eigenvalue weighted by atomic mass is 9.97. The van der Waals surface area contributed by atoms with Gasteiger partial charge >= 0.3 is 0 Å². The first-order valence-electron chi connectivity index (χ1n) is 9.72. The summed E-state index contributed by atoms with van der Waals surface area (Å²) in [6.07, 6.45) is 1.77. The number of hydrogen-bond donors (Lipinski definition) is 4. The SMILES string of the molecule is Cc1cc(N)nc(C[C@@H]2CNC[C@H]2NCCNCCc2cccc(F)c2)c1. The lowest BCUT2D eigenvalue weighted by Gasteiger charge is -2.20. The van der Waals surface area contributed by atoms with Crippen molar-refractivity contribution in [2.45, 2.75) is 25.8 Å². The molecule has 1 aromatic carbocycles. The number of nitrogens with zero attached hydrogens (tertiary/aromatic N) is 1. The van der Waals surface area contributed by atoms with Crippen molar-refractivity contribution in [3.05, 3.63) is 59.0 Å². The van der Waals surface area contributed by atoms with Crippen LogP contribution in [-0.4, -0.2) is 43.7 Å². The van der Waals surface area contributed by atoms with Crippen LogP contribution in [0.15, 0.2) is 36.4 Å². The zero-order valence-corrected chi connectivity index (χ0v) is 16.0. The number of hydrogen-bond acceptors (Lipinski definition) is 5. The predicted octanol–water partition coefficient (Wildman–Crippen LogP) is 1.66. The molecule has 2 aromatic rings. The molecule has 3 rings (SSSR count). The quantitative estimate of drug-likeness (QED) is 0.505. The second-order valence-electron chi connectivity index (χ2n) is 7.37. The van der Waals surface area contributed by atoms with Crippen LogP contribution < -0.4 is 21.7 Å². The molecule has 1 aromatic heterocycles. The number of nitrogens with one attached hydrogen (secondary N) is 3. The Bertz CT molecular complexity index is 716. The van der Waals surface area contributed by atoms with Gasteiger partial charge in [-0.05, 0) is 74.2 Å². The molecule has 1 aliphatic rings. The van der Waals surface area contributed by atoms with E-state index in [1.807, 2.05) is 12.1 Å². The molecule has 5 N–H and O–H groups in total. The van der Waals surface area contributed by atoms with E-state index in [4.69, 9.17) is 5.73 Å². The van der Waals surface area contributed by atoms with Gasteiger partial charge in [0.2, 0.25) is 0 Å². The van der Waals surface area contributed by atoms with Gasteiger partial charge in [-0.3, -0.25) is 0 Å². The smallest absolute Gasteiger partial charge is 0.123 e. The Hall–Kier alpha value is -2.02. The van der Waals surface area contributed by atoms with E-state index in [1.165, 1.54) is 6.07 Å². The maximum Gasteiger partial charge on any atom is 0.123 e. The molecule has 0 aliphatic carbocycles. The summed E-state index contributed by atoms with van der Waals surface area (Å²) < 4.78 is 13.2. The number of anilines is 1. The zero-order valence-electron chi connectivity index (χ0n) is 16.0. The number of halogens is 1. The number of nitrogen functional groups attached to an aromatic ring is 1. The Kier molecular flexibility index (Phi) is 7.15. The van der Waals surface area contributed by atoms with Gasteiger partial charge in [0.15, 0.2) is 0 Å². The van der Waals surface area contributed by atoms with Crippen LogP contribution in [0.4, 0.5) is 10.2 Å². The third kappa shape index (κ3) is 6.27. The molecule has 0 amide bonds. The van der Waals surface area contributed by atoms with E-state index < -0.39 is 0 Å². The van der Waals surface area contributed by atoms with E-state index in [0.29, 0.717) is 17.8 Å². The minimum absolute atomic E-state index is 0.168. The van der Waals surface area contributed by atoms with Gasteiger partial charge in [-0.25, -0.2) is 9.37 Å². The van der Waals surface area contributed by atoms with E-state index in [-0.39, 0.29) is 5.82 Å². The van der Waals surface area contributed by atoms with Crippen LogP contribution in [0, 0.1) is 18.7 Å². The van der Waals surface area contributed by atoms with Crippen LogP contribution in [0.5, 0.6) is 0 Å².